The number of aryl methyl sites for hydroxylation is 1. The fourth-order valence-corrected chi connectivity index (χ4v) is 1.39. The van der Waals surface area contributed by atoms with Crippen LogP contribution in [0.1, 0.15) is 6.92 Å². The van der Waals surface area contributed by atoms with Gasteiger partial charge in [0.2, 0.25) is 5.43 Å². The van der Waals surface area contributed by atoms with Gasteiger partial charge < -0.3 is 5.11 Å². The van der Waals surface area contributed by atoms with Gasteiger partial charge in [-0.3, -0.25) is 9.48 Å². The highest BCUT2D eigenvalue weighted by Crippen LogP contribution is 2.15. The Hall–Kier alpha value is -1.84. The summed E-state index contributed by atoms with van der Waals surface area (Å²) in [5, 5.41) is 13.6. The number of aromatic nitrogens is 2. The molecule has 2 rings (SSSR count). The number of hydrogen-bond acceptors (Lipinski definition) is 3. The van der Waals surface area contributed by atoms with E-state index in [1.165, 1.54) is 12.1 Å². The van der Waals surface area contributed by atoms with Crippen molar-refractivity contribution in [3.05, 3.63) is 34.6 Å². The second kappa shape index (κ2) is 3.14. The molecule has 2 aromatic rings. The van der Waals surface area contributed by atoms with Gasteiger partial charge in [0.05, 0.1) is 5.52 Å². The van der Waals surface area contributed by atoms with Crippen LogP contribution in [0.25, 0.3) is 10.9 Å². The number of phenols is 1. The maximum Gasteiger partial charge on any atom is 0.217 e. The number of rotatable bonds is 1. The van der Waals surface area contributed by atoms with Crippen LogP contribution >= 0.6 is 0 Å². The van der Waals surface area contributed by atoms with Crippen molar-refractivity contribution in [1.82, 2.24) is 9.78 Å². The highest BCUT2D eigenvalue weighted by molar-refractivity contribution is 5.79. The normalized spacial score (nSPS) is 10.6. The molecule has 0 bridgehead atoms. The molecule has 0 unspecified atom stereocenters. The molecule has 71 valence electrons. The maximum absolute atomic E-state index is 11.3. The van der Waals surface area contributed by atoms with E-state index in [1.54, 1.807) is 10.7 Å². The van der Waals surface area contributed by atoms with E-state index in [2.05, 4.69) is 11.3 Å². The second-order valence-corrected chi connectivity index (χ2v) is 2.96. The van der Waals surface area contributed by atoms with Crippen LogP contribution in [0, 0.1) is 6.20 Å². The molecule has 0 amide bonds. The van der Waals surface area contributed by atoms with Gasteiger partial charge in [-0.05, 0) is 19.1 Å². The van der Waals surface area contributed by atoms with Crippen molar-refractivity contribution < 1.29 is 5.11 Å². The molecule has 14 heavy (non-hydrogen) atoms. The van der Waals surface area contributed by atoms with E-state index in [9.17, 15) is 9.90 Å². The summed E-state index contributed by atoms with van der Waals surface area (Å²) >= 11 is 0. The Kier molecular flexibility index (Phi) is 1.96. The summed E-state index contributed by atoms with van der Waals surface area (Å²) in [5.74, 6) is 0.132. The summed E-state index contributed by atoms with van der Waals surface area (Å²) in [7, 11) is 0. The molecule has 0 atom stereocenters. The quantitative estimate of drug-likeness (QED) is 0.725. The number of phenolic OH excluding ortho intramolecular Hbond substituents is 1. The molecule has 1 aromatic carbocycles. The highest BCUT2D eigenvalue weighted by Gasteiger charge is 2.03. The van der Waals surface area contributed by atoms with E-state index in [0.29, 0.717) is 17.4 Å². The molecule has 1 aromatic heterocycles. The number of benzene rings is 1. The lowest BCUT2D eigenvalue weighted by Crippen LogP contribution is -2.11. The molecule has 4 heteroatoms. The van der Waals surface area contributed by atoms with Crippen LogP contribution in [-0.2, 0) is 6.54 Å². The first kappa shape index (κ1) is 8.74. The first-order chi connectivity index (χ1) is 6.72. The van der Waals surface area contributed by atoms with Crippen molar-refractivity contribution in [2.75, 3.05) is 0 Å². The lowest BCUT2D eigenvalue weighted by Gasteiger charge is -2.05. The van der Waals surface area contributed by atoms with Gasteiger partial charge in [0, 0.05) is 18.0 Å². The number of fused-ring (bicyclic) bond motifs is 1. The fourth-order valence-electron chi connectivity index (χ4n) is 1.39. The van der Waals surface area contributed by atoms with E-state index < -0.39 is 0 Å². The molecule has 1 heterocycles. The van der Waals surface area contributed by atoms with Gasteiger partial charge in [0.15, 0.2) is 6.20 Å². The summed E-state index contributed by atoms with van der Waals surface area (Å²) in [6.45, 7) is 2.55. The molecule has 0 aliphatic heterocycles. The summed E-state index contributed by atoms with van der Waals surface area (Å²) in [6, 6.07) is 4.59. The van der Waals surface area contributed by atoms with Crippen LogP contribution < -0.4 is 5.43 Å². The Labute approximate surface area is 80.4 Å². The van der Waals surface area contributed by atoms with Gasteiger partial charge in [-0.2, -0.15) is 5.10 Å². The summed E-state index contributed by atoms with van der Waals surface area (Å²) in [6.07, 6.45) is 2.39. The lowest BCUT2D eigenvalue weighted by molar-refractivity contribution is 0.475. The van der Waals surface area contributed by atoms with Crippen molar-refractivity contribution >= 4 is 10.9 Å². The molecule has 0 aliphatic carbocycles. The number of hydrogen-bond donors (Lipinski definition) is 1. The van der Waals surface area contributed by atoms with Crippen LogP contribution in [0.5, 0.6) is 5.75 Å². The smallest absolute Gasteiger partial charge is 0.217 e. The zero-order chi connectivity index (χ0) is 10.1. The maximum atomic E-state index is 11.3. The van der Waals surface area contributed by atoms with E-state index in [0.717, 1.165) is 0 Å². The fraction of sp³-hybridized carbons (Fsp3) is 0.200. The van der Waals surface area contributed by atoms with Crippen LogP contribution in [0.2, 0.25) is 0 Å². The van der Waals surface area contributed by atoms with Crippen LogP contribution in [0.4, 0.5) is 0 Å². The molecule has 1 N–H and O–H groups in total. The van der Waals surface area contributed by atoms with Crippen LogP contribution in [0.3, 0.4) is 0 Å². The zero-order valence-electron chi connectivity index (χ0n) is 7.69. The molecule has 0 saturated heterocycles. The van der Waals surface area contributed by atoms with Crippen molar-refractivity contribution in [1.29, 1.82) is 0 Å². The standard InChI is InChI=1S/C10H9N2O2/c1-2-12-9-5-7(13)3-4-8(9)10(14)6-11-12/h3-5,13H,2H2,1H3. The molecular formula is C10H9N2O2. The minimum absolute atomic E-state index is 0.132. The predicted molar refractivity (Wildman–Crippen MR) is 52.2 cm³/mol. The third-order valence-electron chi connectivity index (χ3n) is 2.08. The van der Waals surface area contributed by atoms with Gasteiger partial charge in [-0.15, -0.1) is 0 Å². The van der Waals surface area contributed by atoms with Gasteiger partial charge in [-0.25, -0.2) is 0 Å². The zero-order valence-corrected chi connectivity index (χ0v) is 7.69. The Morgan fingerprint density at radius 3 is 3.07 bits per heavy atom. The minimum atomic E-state index is -0.246. The molecule has 0 spiro atoms. The summed E-state index contributed by atoms with van der Waals surface area (Å²) in [4.78, 5) is 11.3. The third-order valence-corrected chi connectivity index (χ3v) is 2.08. The first-order valence-electron chi connectivity index (χ1n) is 4.34. The molecule has 0 fully saturated rings. The van der Waals surface area contributed by atoms with Crippen LogP contribution in [0.15, 0.2) is 23.0 Å². The minimum Gasteiger partial charge on any atom is -0.508 e. The van der Waals surface area contributed by atoms with Crippen molar-refractivity contribution in [3.8, 4) is 5.75 Å². The van der Waals surface area contributed by atoms with Gasteiger partial charge >= 0.3 is 0 Å². The van der Waals surface area contributed by atoms with Crippen molar-refractivity contribution in [3.63, 3.8) is 0 Å². The molecule has 4 nitrogen and oxygen atoms in total. The monoisotopic (exact) mass is 189 g/mol. The summed E-state index contributed by atoms with van der Waals surface area (Å²) in [5.41, 5.74) is 0.390. The van der Waals surface area contributed by atoms with Gasteiger partial charge in [0.25, 0.3) is 0 Å². The number of nitrogens with zero attached hydrogens (tertiary/aromatic N) is 2. The van der Waals surface area contributed by atoms with E-state index in [1.807, 2.05) is 6.92 Å². The van der Waals surface area contributed by atoms with Crippen LogP contribution in [-0.4, -0.2) is 14.9 Å². The first-order valence-corrected chi connectivity index (χ1v) is 4.34. The number of aromatic hydroxyl groups is 1. The predicted octanol–water partition coefficient (Wildman–Crippen LogP) is 0.922. The topological polar surface area (TPSA) is 55.1 Å². The van der Waals surface area contributed by atoms with E-state index >= 15 is 0 Å². The average Bonchev–Trinajstić information content (AvgIpc) is 2.18. The Balaban J connectivity index is 2.92. The Morgan fingerprint density at radius 2 is 2.36 bits per heavy atom. The summed E-state index contributed by atoms with van der Waals surface area (Å²) < 4.78 is 1.62. The SMILES string of the molecule is CCn1n[c]c(=O)c2ccc(O)cc21. The van der Waals surface area contributed by atoms with E-state index in [4.69, 9.17) is 0 Å². The lowest BCUT2D eigenvalue weighted by atomic mass is 10.2. The van der Waals surface area contributed by atoms with Gasteiger partial charge in [0.1, 0.15) is 5.75 Å². The molecule has 1 radical (unpaired) electrons. The second-order valence-electron chi connectivity index (χ2n) is 2.96. The largest absolute Gasteiger partial charge is 0.508 e. The highest BCUT2D eigenvalue weighted by atomic mass is 16.3. The Morgan fingerprint density at radius 1 is 1.57 bits per heavy atom. The average molecular weight is 189 g/mol. The van der Waals surface area contributed by atoms with Crippen molar-refractivity contribution in [2.24, 2.45) is 0 Å². The molecule has 0 aliphatic rings. The van der Waals surface area contributed by atoms with Gasteiger partial charge in [-0.1, -0.05) is 0 Å². The van der Waals surface area contributed by atoms with E-state index in [-0.39, 0.29) is 11.2 Å². The Bertz CT molecular complexity index is 531. The molecular weight excluding hydrogens is 180 g/mol. The molecule has 0 saturated carbocycles. The third kappa shape index (κ3) is 1.25. The van der Waals surface area contributed by atoms with Crippen molar-refractivity contribution in [2.45, 2.75) is 13.5 Å².